The minimum Gasteiger partial charge on any atom is -0.198 e. The molecule has 1 aromatic rings. The lowest BCUT2D eigenvalue weighted by Gasteiger charge is -2.14. The fourth-order valence-electron chi connectivity index (χ4n) is 1.33. The van der Waals surface area contributed by atoms with Crippen LogP contribution in [-0.2, 0) is 0 Å². The third kappa shape index (κ3) is 2.41. The number of benzene rings is 1. The van der Waals surface area contributed by atoms with Crippen molar-refractivity contribution in [2.45, 2.75) is 19.8 Å². The molecule has 0 radical (unpaired) electrons. The highest BCUT2D eigenvalue weighted by atomic mass is 35.5. The molecule has 0 aromatic heterocycles. The van der Waals surface area contributed by atoms with E-state index in [2.05, 4.69) is 6.07 Å². The first-order chi connectivity index (χ1) is 6.56. The van der Waals surface area contributed by atoms with Gasteiger partial charge in [-0.05, 0) is 23.6 Å². The molecule has 14 heavy (non-hydrogen) atoms. The summed E-state index contributed by atoms with van der Waals surface area (Å²) >= 11 is 11.8. The minimum atomic E-state index is -0.167. The van der Waals surface area contributed by atoms with Gasteiger partial charge in [-0.3, -0.25) is 0 Å². The van der Waals surface area contributed by atoms with Crippen LogP contribution in [0.2, 0.25) is 10.0 Å². The van der Waals surface area contributed by atoms with Crippen molar-refractivity contribution in [1.82, 2.24) is 0 Å². The first kappa shape index (κ1) is 11.4. The quantitative estimate of drug-likeness (QED) is 0.741. The van der Waals surface area contributed by atoms with E-state index in [9.17, 15) is 0 Å². The largest absolute Gasteiger partial charge is 0.198 e. The summed E-state index contributed by atoms with van der Waals surface area (Å²) in [7, 11) is 0. The molecule has 0 saturated heterocycles. The SMILES string of the molecule is CC(C)C(C#N)c1ccc(Cl)cc1Cl. The number of nitriles is 1. The molecule has 1 rings (SSSR count). The van der Waals surface area contributed by atoms with Gasteiger partial charge in [-0.15, -0.1) is 0 Å². The lowest BCUT2D eigenvalue weighted by Crippen LogP contribution is -2.04. The van der Waals surface area contributed by atoms with Crippen molar-refractivity contribution < 1.29 is 0 Å². The Labute approximate surface area is 94.3 Å². The number of hydrogen-bond acceptors (Lipinski definition) is 1. The summed E-state index contributed by atoms with van der Waals surface area (Å²) in [5, 5.41) is 10.2. The molecular formula is C11H11Cl2N. The van der Waals surface area contributed by atoms with Crippen LogP contribution in [0.4, 0.5) is 0 Å². The second-order valence-electron chi connectivity index (χ2n) is 3.52. The number of hydrogen-bond donors (Lipinski definition) is 0. The van der Waals surface area contributed by atoms with Gasteiger partial charge in [0.25, 0.3) is 0 Å². The average Bonchev–Trinajstić information content (AvgIpc) is 2.09. The van der Waals surface area contributed by atoms with Crippen LogP contribution in [0.25, 0.3) is 0 Å². The Morgan fingerprint density at radius 2 is 1.93 bits per heavy atom. The molecule has 0 aliphatic rings. The standard InChI is InChI=1S/C11H11Cl2N/c1-7(2)10(6-14)9-4-3-8(12)5-11(9)13/h3-5,7,10H,1-2H3. The van der Waals surface area contributed by atoms with Gasteiger partial charge in [-0.1, -0.05) is 43.1 Å². The molecular weight excluding hydrogens is 217 g/mol. The van der Waals surface area contributed by atoms with Crippen molar-refractivity contribution in [3.05, 3.63) is 33.8 Å². The normalized spacial score (nSPS) is 12.6. The van der Waals surface area contributed by atoms with E-state index in [-0.39, 0.29) is 11.8 Å². The van der Waals surface area contributed by atoms with Gasteiger partial charge in [-0.2, -0.15) is 5.26 Å². The van der Waals surface area contributed by atoms with Crippen molar-refractivity contribution in [1.29, 1.82) is 5.26 Å². The van der Waals surface area contributed by atoms with Gasteiger partial charge >= 0.3 is 0 Å². The van der Waals surface area contributed by atoms with Crippen LogP contribution in [0.1, 0.15) is 25.3 Å². The van der Waals surface area contributed by atoms with Gasteiger partial charge in [-0.25, -0.2) is 0 Å². The molecule has 0 N–H and O–H groups in total. The monoisotopic (exact) mass is 227 g/mol. The van der Waals surface area contributed by atoms with E-state index in [0.717, 1.165) is 5.56 Å². The Morgan fingerprint density at radius 3 is 2.36 bits per heavy atom. The van der Waals surface area contributed by atoms with Crippen molar-refractivity contribution in [3.8, 4) is 6.07 Å². The zero-order valence-corrected chi connectivity index (χ0v) is 9.60. The first-order valence-electron chi connectivity index (χ1n) is 4.40. The molecule has 0 aliphatic carbocycles. The summed E-state index contributed by atoms with van der Waals surface area (Å²) in [6, 6.07) is 7.50. The Balaban J connectivity index is 3.13. The maximum absolute atomic E-state index is 9.00. The molecule has 74 valence electrons. The summed E-state index contributed by atoms with van der Waals surface area (Å²) in [4.78, 5) is 0. The molecule has 0 fully saturated rings. The smallest absolute Gasteiger partial charge is 0.0750 e. The zero-order valence-electron chi connectivity index (χ0n) is 8.09. The van der Waals surface area contributed by atoms with Crippen molar-refractivity contribution in [2.75, 3.05) is 0 Å². The van der Waals surface area contributed by atoms with Crippen molar-refractivity contribution in [3.63, 3.8) is 0 Å². The average molecular weight is 228 g/mol. The van der Waals surface area contributed by atoms with Crippen molar-refractivity contribution in [2.24, 2.45) is 5.92 Å². The van der Waals surface area contributed by atoms with Gasteiger partial charge in [0.2, 0.25) is 0 Å². The zero-order chi connectivity index (χ0) is 10.7. The first-order valence-corrected chi connectivity index (χ1v) is 5.16. The highest BCUT2D eigenvalue weighted by molar-refractivity contribution is 6.35. The minimum absolute atomic E-state index is 0.167. The van der Waals surface area contributed by atoms with E-state index in [4.69, 9.17) is 28.5 Å². The fraction of sp³-hybridized carbons (Fsp3) is 0.364. The van der Waals surface area contributed by atoms with E-state index in [1.54, 1.807) is 12.1 Å². The summed E-state index contributed by atoms with van der Waals surface area (Å²) in [6.45, 7) is 4.00. The summed E-state index contributed by atoms with van der Waals surface area (Å²) in [6.07, 6.45) is 0. The third-order valence-electron chi connectivity index (χ3n) is 2.10. The van der Waals surface area contributed by atoms with E-state index in [1.165, 1.54) is 0 Å². The van der Waals surface area contributed by atoms with E-state index < -0.39 is 0 Å². The lowest BCUT2D eigenvalue weighted by atomic mass is 9.90. The maximum Gasteiger partial charge on any atom is 0.0750 e. The second-order valence-corrected chi connectivity index (χ2v) is 4.36. The van der Waals surface area contributed by atoms with Crippen LogP contribution < -0.4 is 0 Å². The summed E-state index contributed by atoms with van der Waals surface area (Å²) < 4.78 is 0. The molecule has 0 saturated carbocycles. The van der Waals surface area contributed by atoms with Crippen LogP contribution in [0.5, 0.6) is 0 Å². The molecule has 1 atom stereocenters. The van der Waals surface area contributed by atoms with Gasteiger partial charge in [0.15, 0.2) is 0 Å². The molecule has 1 nitrogen and oxygen atoms in total. The molecule has 0 spiro atoms. The molecule has 1 unspecified atom stereocenters. The molecule has 0 amide bonds. The Hall–Kier alpha value is -0.710. The summed E-state index contributed by atoms with van der Waals surface area (Å²) in [5.74, 6) is 0.0819. The van der Waals surface area contributed by atoms with Gasteiger partial charge in [0.05, 0.1) is 12.0 Å². The molecule has 0 aliphatic heterocycles. The van der Waals surface area contributed by atoms with Gasteiger partial charge in [0, 0.05) is 10.0 Å². The number of rotatable bonds is 2. The van der Waals surface area contributed by atoms with Crippen molar-refractivity contribution >= 4 is 23.2 Å². The van der Waals surface area contributed by atoms with Gasteiger partial charge < -0.3 is 0 Å². The highest BCUT2D eigenvalue weighted by Gasteiger charge is 2.17. The Morgan fingerprint density at radius 1 is 1.29 bits per heavy atom. The van der Waals surface area contributed by atoms with Crippen LogP contribution in [-0.4, -0.2) is 0 Å². The Bertz CT molecular complexity index is 366. The molecule has 0 bridgehead atoms. The third-order valence-corrected chi connectivity index (χ3v) is 2.67. The van der Waals surface area contributed by atoms with Gasteiger partial charge in [0.1, 0.15) is 0 Å². The van der Waals surface area contributed by atoms with Crippen LogP contribution >= 0.6 is 23.2 Å². The number of nitrogens with zero attached hydrogens (tertiary/aromatic N) is 1. The predicted octanol–water partition coefficient (Wildman–Crippen LogP) is 4.26. The summed E-state index contributed by atoms with van der Waals surface area (Å²) in [5.41, 5.74) is 0.855. The lowest BCUT2D eigenvalue weighted by molar-refractivity contribution is 0.587. The van der Waals surface area contributed by atoms with Crippen LogP contribution in [0.15, 0.2) is 18.2 Å². The second kappa shape index (κ2) is 4.68. The number of halogens is 2. The maximum atomic E-state index is 9.00. The molecule has 3 heteroatoms. The van der Waals surface area contributed by atoms with Crippen LogP contribution in [0.3, 0.4) is 0 Å². The van der Waals surface area contributed by atoms with E-state index >= 15 is 0 Å². The Kier molecular flexibility index (Phi) is 3.80. The topological polar surface area (TPSA) is 23.8 Å². The van der Waals surface area contributed by atoms with E-state index in [1.807, 2.05) is 19.9 Å². The predicted molar refractivity (Wildman–Crippen MR) is 59.7 cm³/mol. The molecule has 0 heterocycles. The van der Waals surface area contributed by atoms with E-state index in [0.29, 0.717) is 10.0 Å². The van der Waals surface area contributed by atoms with Crippen LogP contribution in [0, 0.1) is 17.2 Å². The fourth-order valence-corrected chi connectivity index (χ4v) is 1.86. The molecule has 1 aromatic carbocycles. The highest BCUT2D eigenvalue weighted by Crippen LogP contribution is 2.31.